The van der Waals surface area contributed by atoms with Gasteiger partial charge in [0.05, 0.1) is 13.0 Å². The molecule has 0 aliphatic carbocycles. The minimum atomic E-state index is -1.05. The number of carboxylic acid groups (broad SMARTS) is 1. The Labute approximate surface area is 111 Å². The van der Waals surface area contributed by atoms with Crippen LogP contribution in [-0.2, 0) is 14.3 Å². The van der Waals surface area contributed by atoms with Gasteiger partial charge in [0.1, 0.15) is 5.75 Å². The van der Waals surface area contributed by atoms with Gasteiger partial charge < -0.3 is 19.9 Å². The third kappa shape index (κ3) is 6.42. The van der Waals surface area contributed by atoms with E-state index < -0.39 is 12.6 Å². The van der Waals surface area contributed by atoms with Crippen LogP contribution in [0.15, 0.2) is 24.3 Å². The number of amides is 1. The van der Waals surface area contributed by atoms with Crippen molar-refractivity contribution >= 4 is 17.6 Å². The van der Waals surface area contributed by atoms with E-state index in [2.05, 4.69) is 5.32 Å². The van der Waals surface area contributed by atoms with Crippen molar-refractivity contribution in [1.29, 1.82) is 0 Å². The molecule has 0 aromatic heterocycles. The monoisotopic (exact) mass is 267 g/mol. The highest BCUT2D eigenvalue weighted by molar-refractivity contribution is 5.90. The molecule has 0 atom stereocenters. The Morgan fingerprint density at radius 3 is 2.84 bits per heavy atom. The van der Waals surface area contributed by atoms with Crippen LogP contribution in [0.4, 0.5) is 5.69 Å². The van der Waals surface area contributed by atoms with E-state index in [1.165, 1.54) is 0 Å². The molecule has 1 aromatic rings. The second-order valence-electron chi connectivity index (χ2n) is 3.71. The van der Waals surface area contributed by atoms with Crippen LogP contribution < -0.4 is 10.1 Å². The number of carboxylic acids is 1. The van der Waals surface area contributed by atoms with Gasteiger partial charge in [-0.2, -0.15) is 0 Å². The highest BCUT2D eigenvalue weighted by Gasteiger charge is 2.04. The van der Waals surface area contributed by atoms with E-state index in [4.69, 9.17) is 14.6 Å². The molecule has 104 valence electrons. The standard InChI is InChI=1S/C13H17NO5/c1-2-18-7-6-12(15)14-10-4-3-5-11(8-10)19-9-13(16)17/h3-5,8H,2,6-7,9H2,1H3,(H,14,15)(H,16,17). The molecule has 0 saturated carbocycles. The smallest absolute Gasteiger partial charge is 0.341 e. The minimum absolute atomic E-state index is 0.163. The molecule has 0 bridgehead atoms. The van der Waals surface area contributed by atoms with Crippen LogP contribution in [-0.4, -0.2) is 36.8 Å². The second kappa shape index (κ2) is 8.10. The molecule has 1 aromatic carbocycles. The first-order chi connectivity index (χ1) is 9.11. The summed E-state index contributed by atoms with van der Waals surface area (Å²) in [7, 11) is 0. The van der Waals surface area contributed by atoms with Crippen molar-refractivity contribution in [3.63, 3.8) is 0 Å². The fourth-order valence-corrected chi connectivity index (χ4v) is 1.34. The number of carbonyl (C=O) groups is 2. The van der Waals surface area contributed by atoms with Gasteiger partial charge in [-0.05, 0) is 19.1 Å². The van der Waals surface area contributed by atoms with Crippen LogP contribution in [0.1, 0.15) is 13.3 Å². The summed E-state index contributed by atoms with van der Waals surface area (Å²) in [6.07, 6.45) is 0.272. The maximum Gasteiger partial charge on any atom is 0.341 e. The van der Waals surface area contributed by atoms with Crippen LogP contribution in [0.5, 0.6) is 5.75 Å². The van der Waals surface area contributed by atoms with Crippen molar-refractivity contribution in [2.45, 2.75) is 13.3 Å². The summed E-state index contributed by atoms with van der Waals surface area (Å²) in [5.41, 5.74) is 0.560. The number of carbonyl (C=O) groups excluding carboxylic acids is 1. The summed E-state index contributed by atoms with van der Waals surface area (Å²) < 4.78 is 10.1. The molecule has 19 heavy (non-hydrogen) atoms. The van der Waals surface area contributed by atoms with Gasteiger partial charge in [0.15, 0.2) is 6.61 Å². The molecule has 6 nitrogen and oxygen atoms in total. The molecule has 6 heteroatoms. The summed E-state index contributed by atoms with van der Waals surface area (Å²) in [5, 5.41) is 11.2. The maximum absolute atomic E-state index is 11.5. The van der Waals surface area contributed by atoms with Gasteiger partial charge in [0.25, 0.3) is 0 Å². The molecule has 1 amide bonds. The summed E-state index contributed by atoms with van der Waals surface area (Å²) in [5.74, 6) is -0.819. The molecule has 0 fully saturated rings. The average Bonchev–Trinajstić information content (AvgIpc) is 2.37. The summed E-state index contributed by atoms with van der Waals surface area (Å²) in [6, 6.07) is 6.57. The van der Waals surface area contributed by atoms with Crippen LogP contribution >= 0.6 is 0 Å². The van der Waals surface area contributed by atoms with Gasteiger partial charge in [-0.25, -0.2) is 4.79 Å². The first-order valence-electron chi connectivity index (χ1n) is 5.94. The molecule has 0 spiro atoms. The number of hydrogen-bond acceptors (Lipinski definition) is 4. The van der Waals surface area contributed by atoms with Gasteiger partial charge >= 0.3 is 5.97 Å². The SMILES string of the molecule is CCOCCC(=O)Nc1cccc(OCC(=O)O)c1. The van der Waals surface area contributed by atoms with E-state index in [1.54, 1.807) is 24.3 Å². The van der Waals surface area contributed by atoms with Crippen LogP contribution in [0.3, 0.4) is 0 Å². The van der Waals surface area contributed by atoms with E-state index in [1.807, 2.05) is 6.92 Å². The van der Waals surface area contributed by atoms with Crippen molar-refractivity contribution in [2.24, 2.45) is 0 Å². The molecular weight excluding hydrogens is 250 g/mol. The van der Waals surface area contributed by atoms with Crippen LogP contribution in [0, 0.1) is 0 Å². The lowest BCUT2D eigenvalue weighted by atomic mass is 10.3. The maximum atomic E-state index is 11.5. The molecule has 2 N–H and O–H groups in total. The summed E-state index contributed by atoms with van der Waals surface area (Å²) >= 11 is 0. The molecule has 0 aliphatic rings. The van der Waals surface area contributed by atoms with Gasteiger partial charge in [0.2, 0.25) is 5.91 Å². The number of aliphatic carboxylic acids is 1. The number of ether oxygens (including phenoxy) is 2. The van der Waals surface area contributed by atoms with Gasteiger partial charge in [-0.15, -0.1) is 0 Å². The number of hydrogen-bond donors (Lipinski definition) is 2. The van der Waals surface area contributed by atoms with Crippen molar-refractivity contribution in [1.82, 2.24) is 0 Å². The first kappa shape index (κ1) is 15.0. The number of benzene rings is 1. The third-order valence-electron chi connectivity index (χ3n) is 2.16. The second-order valence-corrected chi connectivity index (χ2v) is 3.71. The largest absolute Gasteiger partial charge is 0.482 e. The summed E-state index contributed by atoms with van der Waals surface area (Å²) in [6.45, 7) is 2.40. The van der Waals surface area contributed by atoms with Crippen molar-refractivity contribution in [3.8, 4) is 5.75 Å². The Bertz CT molecular complexity index is 433. The Morgan fingerprint density at radius 2 is 2.16 bits per heavy atom. The molecule has 0 unspecified atom stereocenters. The predicted molar refractivity (Wildman–Crippen MR) is 69.3 cm³/mol. The van der Waals surface area contributed by atoms with E-state index in [-0.39, 0.29) is 12.3 Å². The van der Waals surface area contributed by atoms with E-state index in [0.29, 0.717) is 24.7 Å². The lowest BCUT2D eigenvalue weighted by molar-refractivity contribution is -0.139. The van der Waals surface area contributed by atoms with E-state index in [9.17, 15) is 9.59 Å². The van der Waals surface area contributed by atoms with E-state index >= 15 is 0 Å². The highest BCUT2D eigenvalue weighted by Crippen LogP contribution is 2.17. The molecule has 0 saturated heterocycles. The zero-order valence-electron chi connectivity index (χ0n) is 10.7. The van der Waals surface area contributed by atoms with Gasteiger partial charge in [0, 0.05) is 18.4 Å². The quantitative estimate of drug-likeness (QED) is 0.697. The van der Waals surface area contributed by atoms with E-state index in [0.717, 1.165) is 0 Å². The molecule has 0 aliphatic heterocycles. The normalized spacial score (nSPS) is 9.95. The molecular formula is C13H17NO5. The third-order valence-corrected chi connectivity index (χ3v) is 2.16. The lowest BCUT2D eigenvalue weighted by Gasteiger charge is -2.08. The van der Waals surface area contributed by atoms with Crippen molar-refractivity contribution in [2.75, 3.05) is 25.1 Å². The van der Waals surface area contributed by atoms with Gasteiger partial charge in [-0.1, -0.05) is 6.07 Å². The molecule has 1 rings (SSSR count). The van der Waals surface area contributed by atoms with Crippen molar-refractivity contribution < 1.29 is 24.2 Å². The fourth-order valence-electron chi connectivity index (χ4n) is 1.34. The Kier molecular flexibility index (Phi) is 6.38. The predicted octanol–water partition coefficient (Wildman–Crippen LogP) is 1.52. The van der Waals surface area contributed by atoms with Crippen molar-refractivity contribution in [3.05, 3.63) is 24.3 Å². The molecule has 0 heterocycles. The number of anilines is 1. The highest BCUT2D eigenvalue weighted by atomic mass is 16.5. The zero-order chi connectivity index (χ0) is 14.1. The minimum Gasteiger partial charge on any atom is -0.482 e. The van der Waals surface area contributed by atoms with Gasteiger partial charge in [-0.3, -0.25) is 4.79 Å². The van der Waals surface area contributed by atoms with Crippen LogP contribution in [0.25, 0.3) is 0 Å². The number of nitrogens with one attached hydrogen (secondary N) is 1. The topological polar surface area (TPSA) is 84.9 Å². The Hall–Kier alpha value is -2.08. The number of rotatable bonds is 8. The summed E-state index contributed by atoms with van der Waals surface area (Å²) in [4.78, 5) is 21.9. The Balaban J connectivity index is 2.47. The first-order valence-corrected chi connectivity index (χ1v) is 5.94. The average molecular weight is 267 g/mol. The Morgan fingerprint density at radius 1 is 1.37 bits per heavy atom. The molecule has 0 radical (unpaired) electrons. The van der Waals surface area contributed by atoms with Crippen LogP contribution in [0.2, 0.25) is 0 Å². The lowest BCUT2D eigenvalue weighted by Crippen LogP contribution is -2.14. The fraction of sp³-hybridized carbons (Fsp3) is 0.385. The zero-order valence-corrected chi connectivity index (χ0v) is 10.7.